The number of anilines is 1. The Morgan fingerprint density at radius 3 is 2.61 bits per heavy atom. The molecule has 2 aromatic rings. The Bertz CT molecular complexity index is 906. The lowest BCUT2D eigenvalue weighted by Gasteiger charge is -2.44. The monoisotopic (exact) mass is 417 g/mol. The quantitative estimate of drug-likeness (QED) is 0.830. The molecule has 1 atom stereocenters. The highest BCUT2D eigenvalue weighted by atomic mass is 35.5. The molecule has 0 radical (unpaired) electrons. The van der Waals surface area contributed by atoms with Crippen LogP contribution < -0.4 is 4.90 Å². The number of hydrogen-bond donors (Lipinski definition) is 1. The van der Waals surface area contributed by atoms with E-state index in [9.17, 15) is 9.32 Å². The maximum absolute atomic E-state index is 12.5. The highest BCUT2D eigenvalue weighted by molar-refractivity contribution is 7.85. The predicted molar refractivity (Wildman–Crippen MR) is 110 cm³/mol. The van der Waals surface area contributed by atoms with Gasteiger partial charge in [-0.25, -0.2) is 9.97 Å². The van der Waals surface area contributed by atoms with Crippen molar-refractivity contribution in [3.63, 3.8) is 0 Å². The lowest BCUT2D eigenvalue weighted by Crippen LogP contribution is -2.44. The van der Waals surface area contributed by atoms with E-state index in [1.807, 2.05) is 12.1 Å². The molecule has 1 saturated carbocycles. The van der Waals surface area contributed by atoms with Gasteiger partial charge in [0.25, 0.3) is 0 Å². The number of piperidine rings is 1. The van der Waals surface area contributed by atoms with Gasteiger partial charge in [0.15, 0.2) is 0 Å². The first-order chi connectivity index (χ1) is 13.6. The highest BCUT2D eigenvalue weighted by Gasteiger charge is 2.53. The van der Waals surface area contributed by atoms with Crippen LogP contribution in [0.2, 0.25) is 5.02 Å². The van der Waals surface area contributed by atoms with E-state index < -0.39 is 10.8 Å². The lowest BCUT2D eigenvalue weighted by molar-refractivity contribution is 0.0893. The van der Waals surface area contributed by atoms with E-state index in [4.69, 9.17) is 16.6 Å². The van der Waals surface area contributed by atoms with E-state index in [1.54, 1.807) is 6.20 Å². The molecule has 1 N–H and O–H groups in total. The van der Waals surface area contributed by atoms with Crippen LogP contribution in [0.1, 0.15) is 42.9 Å². The number of benzene rings is 1. The van der Waals surface area contributed by atoms with Crippen molar-refractivity contribution >= 4 is 28.3 Å². The van der Waals surface area contributed by atoms with E-state index in [1.165, 1.54) is 5.56 Å². The third-order valence-corrected chi connectivity index (χ3v) is 8.49. The standard InChI is InChI=1S/C21H24ClN3O2S/c22-17-3-1-15(2-4-17)16-5-7-25(8-6-16)20-23-11-18-19(24-20)21(13-28(18)27)9-14(10-21)12-26/h1-4,11,14,16,26H,5-10,12-13H2/t14?,21?,28-/m0/s1. The van der Waals surface area contributed by atoms with E-state index in [0.717, 1.165) is 60.3 Å². The zero-order valence-corrected chi connectivity index (χ0v) is 17.3. The third-order valence-electron chi connectivity index (χ3n) is 6.63. The summed E-state index contributed by atoms with van der Waals surface area (Å²) >= 11 is 6.01. The zero-order chi connectivity index (χ0) is 19.3. The Morgan fingerprint density at radius 1 is 1.21 bits per heavy atom. The van der Waals surface area contributed by atoms with Gasteiger partial charge < -0.3 is 10.0 Å². The third kappa shape index (κ3) is 3.06. The van der Waals surface area contributed by atoms with Crippen LogP contribution in [0.4, 0.5) is 5.95 Å². The Hall–Kier alpha value is -1.50. The van der Waals surface area contributed by atoms with Crippen LogP contribution in [-0.4, -0.2) is 44.7 Å². The minimum absolute atomic E-state index is 0.104. The molecule has 148 valence electrons. The molecule has 0 unspecified atom stereocenters. The summed E-state index contributed by atoms with van der Waals surface area (Å²) in [5, 5.41) is 10.2. The van der Waals surface area contributed by atoms with Crippen LogP contribution in [0, 0.1) is 5.92 Å². The van der Waals surface area contributed by atoms with Crippen molar-refractivity contribution in [3.8, 4) is 0 Å². The minimum Gasteiger partial charge on any atom is -0.396 e. The molecule has 1 aromatic heterocycles. The molecule has 1 spiro atoms. The number of fused-ring (bicyclic) bond motifs is 2. The number of halogens is 1. The molecule has 2 fully saturated rings. The molecule has 3 heterocycles. The van der Waals surface area contributed by atoms with Gasteiger partial charge in [-0.1, -0.05) is 23.7 Å². The molecule has 1 saturated heterocycles. The fourth-order valence-electron chi connectivity index (χ4n) is 5.09. The molecular formula is C21H24ClN3O2S. The van der Waals surface area contributed by atoms with E-state index in [-0.39, 0.29) is 12.0 Å². The summed E-state index contributed by atoms with van der Waals surface area (Å²) in [5.41, 5.74) is 2.21. The summed E-state index contributed by atoms with van der Waals surface area (Å²) in [4.78, 5) is 12.5. The summed E-state index contributed by atoms with van der Waals surface area (Å²) in [7, 11) is -1.01. The first-order valence-corrected chi connectivity index (χ1v) is 11.6. The molecule has 5 rings (SSSR count). The number of hydrogen-bond acceptors (Lipinski definition) is 5. The van der Waals surface area contributed by atoms with Crippen LogP contribution in [-0.2, 0) is 16.2 Å². The smallest absolute Gasteiger partial charge is 0.225 e. The van der Waals surface area contributed by atoms with Gasteiger partial charge >= 0.3 is 0 Å². The van der Waals surface area contributed by atoms with E-state index >= 15 is 0 Å². The highest BCUT2D eigenvalue weighted by Crippen LogP contribution is 2.53. The minimum atomic E-state index is -1.01. The SMILES string of the molecule is O=[S@]1CC2(CC(CO)C2)c2nc(N3CCC(c4ccc(Cl)cc4)CC3)ncc21. The van der Waals surface area contributed by atoms with Crippen molar-refractivity contribution in [1.82, 2.24) is 9.97 Å². The second kappa shape index (κ2) is 7.08. The lowest BCUT2D eigenvalue weighted by atomic mass is 9.61. The molecule has 7 heteroatoms. The maximum Gasteiger partial charge on any atom is 0.225 e. The zero-order valence-electron chi connectivity index (χ0n) is 15.7. The maximum atomic E-state index is 12.5. The Balaban J connectivity index is 1.33. The number of aliphatic hydroxyl groups excluding tert-OH is 1. The van der Waals surface area contributed by atoms with Crippen LogP contribution in [0.3, 0.4) is 0 Å². The second-order valence-corrected chi connectivity index (χ2v) is 10.3. The summed E-state index contributed by atoms with van der Waals surface area (Å²) in [6.07, 6.45) is 5.67. The molecule has 28 heavy (non-hydrogen) atoms. The summed E-state index contributed by atoms with van der Waals surface area (Å²) in [5.74, 6) is 2.25. The molecule has 2 aliphatic heterocycles. The largest absolute Gasteiger partial charge is 0.396 e. The topological polar surface area (TPSA) is 66.3 Å². The first-order valence-electron chi connectivity index (χ1n) is 9.95. The van der Waals surface area contributed by atoms with Crippen molar-refractivity contribution in [2.45, 2.75) is 41.9 Å². The van der Waals surface area contributed by atoms with Crippen LogP contribution in [0.15, 0.2) is 35.4 Å². The average molecular weight is 418 g/mol. The van der Waals surface area contributed by atoms with Crippen molar-refractivity contribution in [1.29, 1.82) is 0 Å². The van der Waals surface area contributed by atoms with Gasteiger partial charge in [0, 0.05) is 42.1 Å². The molecule has 3 aliphatic rings. The van der Waals surface area contributed by atoms with Crippen LogP contribution in [0.25, 0.3) is 0 Å². The number of aliphatic hydroxyl groups is 1. The van der Waals surface area contributed by atoms with Gasteiger partial charge in [-0.15, -0.1) is 0 Å². The van der Waals surface area contributed by atoms with Crippen molar-refractivity contribution in [2.75, 3.05) is 30.3 Å². The van der Waals surface area contributed by atoms with Crippen molar-refractivity contribution in [3.05, 3.63) is 46.7 Å². The summed E-state index contributed by atoms with van der Waals surface area (Å²) in [6, 6.07) is 8.18. The Kier molecular flexibility index (Phi) is 4.68. The molecule has 1 aromatic carbocycles. The van der Waals surface area contributed by atoms with Gasteiger partial charge in [-0.2, -0.15) is 0 Å². The fourth-order valence-corrected chi connectivity index (χ4v) is 6.89. The van der Waals surface area contributed by atoms with Crippen molar-refractivity contribution < 1.29 is 9.32 Å². The van der Waals surface area contributed by atoms with Gasteiger partial charge in [-0.05, 0) is 55.2 Å². The Morgan fingerprint density at radius 2 is 1.93 bits per heavy atom. The summed E-state index contributed by atoms with van der Waals surface area (Å²) in [6.45, 7) is 2.04. The number of rotatable bonds is 3. The molecule has 1 aliphatic carbocycles. The first kappa shape index (κ1) is 18.5. The number of aromatic nitrogens is 2. The molecular weight excluding hydrogens is 394 g/mol. The fraction of sp³-hybridized carbons (Fsp3) is 0.524. The van der Waals surface area contributed by atoms with Crippen LogP contribution >= 0.6 is 11.6 Å². The number of nitrogens with zero attached hydrogens (tertiary/aromatic N) is 3. The predicted octanol–water partition coefficient (Wildman–Crippen LogP) is 3.28. The van der Waals surface area contributed by atoms with E-state index in [2.05, 4.69) is 22.0 Å². The van der Waals surface area contributed by atoms with Crippen molar-refractivity contribution in [2.24, 2.45) is 5.92 Å². The van der Waals surface area contributed by atoms with Gasteiger partial charge in [-0.3, -0.25) is 4.21 Å². The Labute approximate surface area is 172 Å². The van der Waals surface area contributed by atoms with Gasteiger partial charge in [0.1, 0.15) is 0 Å². The van der Waals surface area contributed by atoms with Gasteiger partial charge in [0.05, 0.1) is 21.4 Å². The summed E-state index contributed by atoms with van der Waals surface area (Å²) < 4.78 is 12.5. The van der Waals surface area contributed by atoms with Crippen LogP contribution in [0.5, 0.6) is 0 Å². The molecule has 0 amide bonds. The van der Waals surface area contributed by atoms with E-state index in [0.29, 0.717) is 17.6 Å². The van der Waals surface area contributed by atoms with Gasteiger partial charge in [0.2, 0.25) is 5.95 Å². The molecule has 5 nitrogen and oxygen atoms in total. The normalized spacial score (nSPS) is 29.7. The average Bonchev–Trinajstić information content (AvgIpc) is 3.00. The second-order valence-electron chi connectivity index (χ2n) is 8.42. The molecule has 0 bridgehead atoms.